The maximum atomic E-state index is 10.1. The third-order valence-corrected chi connectivity index (χ3v) is 3.25. The van der Waals surface area contributed by atoms with E-state index in [1.165, 1.54) is 7.11 Å². The van der Waals surface area contributed by atoms with Crippen LogP contribution in [0.1, 0.15) is 26.3 Å². The second-order valence-electron chi connectivity index (χ2n) is 5.23. The van der Waals surface area contributed by atoms with Gasteiger partial charge in [0.2, 0.25) is 0 Å². The molecule has 0 aliphatic rings. The Bertz CT molecular complexity index is 429. The summed E-state index contributed by atoms with van der Waals surface area (Å²) in [5.41, 5.74) is 0.0131. The third kappa shape index (κ3) is 5.01. The molecule has 0 aliphatic carbocycles. The lowest BCUT2D eigenvalue weighted by Gasteiger charge is -2.28. The van der Waals surface area contributed by atoms with E-state index in [1.54, 1.807) is 19.9 Å². The van der Waals surface area contributed by atoms with Crippen LogP contribution in [0, 0.1) is 0 Å². The number of rotatable bonds is 6. The first-order chi connectivity index (χ1) is 8.76. The van der Waals surface area contributed by atoms with Crippen LogP contribution in [-0.2, 0) is 6.54 Å². The van der Waals surface area contributed by atoms with E-state index in [9.17, 15) is 10.2 Å². The number of phenolic OH excluding ortho intramolecular Hbond substituents is 1. The summed E-state index contributed by atoms with van der Waals surface area (Å²) in [6.07, 6.45) is 0. The van der Waals surface area contributed by atoms with E-state index in [0.29, 0.717) is 18.8 Å². The Hall–Kier alpha value is -0.780. The quantitative estimate of drug-likeness (QED) is 0.841. The Morgan fingerprint density at radius 3 is 2.47 bits per heavy atom. The lowest BCUT2D eigenvalue weighted by Crippen LogP contribution is -2.38. The molecule has 2 N–H and O–H groups in total. The number of phenols is 1. The van der Waals surface area contributed by atoms with Gasteiger partial charge in [-0.25, -0.2) is 0 Å². The molecule has 0 aliphatic heterocycles. The second-order valence-corrected chi connectivity index (χ2v) is 6.15. The van der Waals surface area contributed by atoms with Crippen molar-refractivity contribution in [1.82, 2.24) is 4.90 Å². The van der Waals surface area contributed by atoms with Gasteiger partial charge in [-0.2, -0.15) is 0 Å². The van der Waals surface area contributed by atoms with Gasteiger partial charge in [0.25, 0.3) is 0 Å². The standard InChI is InChI=1S/C14H22BrNO3/c1-5-16(9-14(2,3)18)8-10-6-11(15)7-12(19-4)13(10)17/h6-7,17-18H,5,8-9H2,1-4H3. The van der Waals surface area contributed by atoms with Gasteiger partial charge in [-0.1, -0.05) is 22.9 Å². The summed E-state index contributed by atoms with van der Waals surface area (Å²) >= 11 is 3.40. The van der Waals surface area contributed by atoms with Gasteiger partial charge in [0.15, 0.2) is 11.5 Å². The summed E-state index contributed by atoms with van der Waals surface area (Å²) < 4.78 is 5.99. The van der Waals surface area contributed by atoms with Gasteiger partial charge in [-0.05, 0) is 32.5 Å². The van der Waals surface area contributed by atoms with E-state index in [1.807, 2.05) is 13.0 Å². The summed E-state index contributed by atoms with van der Waals surface area (Å²) in [6.45, 7) is 7.46. The van der Waals surface area contributed by atoms with Crippen LogP contribution >= 0.6 is 15.9 Å². The van der Waals surface area contributed by atoms with Gasteiger partial charge in [-0.15, -0.1) is 0 Å². The molecule has 0 aromatic heterocycles. The molecule has 4 nitrogen and oxygen atoms in total. The highest BCUT2D eigenvalue weighted by atomic mass is 79.9. The highest BCUT2D eigenvalue weighted by molar-refractivity contribution is 9.10. The van der Waals surface area contributed by atoms with Gasteiger partial charge in [0.1, 0.15) is 0 Å². The number of hydrogen-bond donors (Lipinski definition) is 2. The molecule has 0 saturated carbocycles. The predicted octanol–water partition coefficient (Wildman–Crippen LogP) is 2.76. The Morgan fingerprint density at radius 2 is 2.00 bits per heavy atom. The zero-order valence-corrected chi connectivity index (χ0v) is 13.5. The van der Waals surface area contributed by atoms with Crippen molar-refractivity contribution in [1.29, 1.82) is 0 Å². The van der Waals surface area contributed by atoms with Crippen molar-refractivity contribution in [2.75, 3.05) is 20.2 Å². The maximum Gasteiger partial charge on any atom is 0.162 e. The molecule has 1 aromatic carbocycles. The molecule has 19 heavy (non-hydrogen) atoms. The molecular weight excluding hydrogens is 310 g/mol. The van der Waals surface area contributed by atoms with E-state index in [-0.39, 0.29) is 5.75 Å². The fourth-order valence-electron chi connectivity index (χ4n) is 1.97. The number of benzene rings is 1. The van der Waals surface area contributed by atoms with Crippen LogP contribution in [0.15, 0.2) is 16.6 Å². The molecule has 1 aromatic rings. The van der Waals surface area contributed by atoms with Crippen LogP contribution in [0.4, 0.5) is 0 Å². The molecule has 0 bridgehead atoms. The average molecular weight is 332 g/mol. The van der Waals surface area contributed by atoms with Crippen molar-refractivity contribution in [3.8, 4) is 11.5 Å². The normalized spacial score (nSPS) is 11.9. The van der Waals surface area contributed by atoms with E-state index in [2.05, 4.69) is 20.8 Å². The molecule has 0 radical (unpaired) electrons. The molecule has 0 atom stereocenters. The fraction of sp³-hybridized carbons (Fsp3) is 0.571. The number of methoxy groups -OCH3 is 1. The van der Waals surface area contributed by atoms with E-state index in [0.717, 1.165) is 16.6 Å². The highest BCUT2D eigenvalue weighted by Crippen LogP contribution is 2.34. The fourth-order valence-corrected chi connectivity index (χ4v) is 2.46. The Kier molecular flexibility index (Phi) is 5.64. The minimum Gasteiger partial charge on any atom is -0.504 e. The van der Waals surface area contributed by atoms with Crippen LogP contribution in [0.3, 0.4) is 0 Å². The van der Waals surface area contributed by atoms with E-state index < -0.39 is 5.60 Å². The number of halogens is 1. The van der Waals surface area contributed by atoms with Gasteiger partial charge in [0.05, 0.1) is 12.7 Å². The Morgan fingerprint density at radius 1 is 1.37 bits per heavy atom. The van der Waals surface area contributed by atoms with Crippen molar-refractivity contribution in [2.45, 2.75) is 32.9 Å². The Labute approximate surface area is 123 Å². The predicted molar refractivity (Wildman–Crippen MR) is 79.6 cm³/mol. The number of ether oxygens (including phenoxy) is 1. The first kappa shape index (κ1) is 16.3. The summed E-state index contributed by atoms with van der Waals surface area (Å²) in [4.78, 5) is 2.07. The van der Waals surface area contributed by atoms with E-state index in [4.69, 9.17) is 4.74 Å². The lowest BCUT2D eigenvalue weighted by molar-refractivity contribution is 0.0351. The molecule has 0 unspecified atom stereocenters. The number of nitrogens with zero attached hydrogens (tertiary/aromatic N) is 1. The van der Waals surface area contributed by atoms with Crippen molar-refractivity contribution >= 4 is 15.9 Å². The molecule has 1 rings (SSSR count). The summed E-state index contributed by atoms with van der Waals surface area (Å²) in [6, 6.07) is 3.59. The number of aromatic hydroxyl groups is 1. The van der Waals surface area contributed by atoms with Crippen molar-refractivity contribution < 1.29 is 14.9 Å². The van der Waals surface area contributed by atoms with Gasteiger partial charge in [0, 0.05) is 23.1 Å². The number of aliphatic hydroxyl groups is 1. The molecule has 0 heterocycles. The van der Waals surface area contributed by atoms with Crippen LogP contribution < -0.4 is 4.74 Å². The zero-order chi connectivity index (χ0) is 14.6. The van der Waals surface area contributed by atoms with Gasteiger partial charge in [-0.3, -0.25) is 4.90 Å². The third-order valence-electron chi connectivity index (χ3n) is 2.79. The SMILES string of the molecule is CCN(Cc1cc(Br)cc(OC)c1O)CC(C)(C)O. The smallest absolute Gasteiger partial charge is 0.162 e. The molecule has 5 heteroatoms. The Balaban J connectivity index is 2.94. The van der Waals surface area contributed by atoms with Crippen LogP contribution in [0.5, 0.6) is 11.5 Å². The second kappa shape index (κ2) is 6.59. The molecular formula is C14H22BrNO3. The molecule has 0 spiro atoms. The summed E-state index contributed by atoms with van der Waals surface area (Å²) in [5.74, 6) is 0.601. The van der Waals surface area contributed by atoms with Crippen molar-refractivity contribution in [3.05, 3.63) is 22.2 Å². The molecule has 108 valence electrons. The van der Waals surface area contributed by atoms with Crippen LogP contribution in [0.2, 0.25) is 0 Å². The zero-order valence-electron chi connectivity index (χ0n) is 11.9. The van der Waals surface area contributed by atoms with Crippen LogP contribution in [0.25, 0.3) is 0 Å². The molecule has 0 fully saturated rings. The molecule has 0 amide bonds. The summed E-state index contributed by atoms with van der Waals surface area (Å²) in [7, 11) is 1.53. The van der Waals surface area contributed by atoms with Crippen molar-refractivity contribution in [3.63, 3.8) is 0 Å². The first-order valence-corrected chi connectivity index (χ1v) is 7.06. The summed E-state index contributed by atoms with van der Waals surface area (Å²) in [5, 5.41) is 20.0. The van der Waals surface area contributed by atoms with Crippen molar-refractivity contribution in [2.24, 2.45) is 0 Å². The number of hydrogen-bond acceptors (Lipinski definition) is 4. The first-order valence-electron chi connectivity index (χ1n) is 6.27. The lowest BCUT2D eigenvalue weighted by atomic mass is 10.1. The van der Waals surface area contributed by atoms with Crippen LogP contribution in [-0.4, -0.2) is 40.9 Å². The minimum atomic E-state index is -0.762. The topological polar surface area (TPSA) is 52.9 Å². The maximum absolute atomic E-state index is 10.1. The molecule has 0 saturated heterocycles. The number of likely N-dealkylation sites (N-methyl/N-ethyl adjacent to an activating group) is 1. The van der Waals surface area contributed by atoms with Gasteiger partial charge >= 0.3 is 0 Å². The monoisotopic (exact) mass is 331 g/mol. The largest absolute Gasteiger partial charge is 0.504 e. The van der Waals surface area contributed by atoms with E-state index >= 15 is 0 Å². The minimum absolute atomic E-state index is 0.153. The highest BCUT2D eigenvalue weighted by Gasteiger charge is 2.19. The van der Waals surface area contributed by atoms with Gasteiger partial charge < -0.3 is 14.9 Å². The average Bonchev–Trinajstić information content (AvgIpc) is 2.30.